The predicted octanol–water partition coefficient (Wildman–Crippen LogP) is -0.267. The molecule has 7 heteroatoms. The lowest BCUT2D eigenvalue weighted by molar-refractivity contribution is 0.201. The molecule has 0 aliphatic carbocycles. The number of primary sulfonamides is 1. The van der Waals surface area contributed by atoms with Gasteiger partial charge in [0.15, 0.2) is 0 Å². The van der Waals surface area contributed by atoms with Gasteiger partial charge in [-0.2, -0.15) is 0 Å². The van der Waals surface area contributed by atoms with Crippen LogP contribution in [0.5, 0.6) is 0 Å². The topological polar surface area (TPSA) is 110 Å². The fourth-order valence-electron chi connectivity index (χ4n) is 1.57. The minimum Gasteiger partial charge on any atom is -0.399 e. The van der Waals surface area contributed by atoms with Gasteiger partial charge >= 0.3 is 0 Å². The van der Waals surface area contributed by atoms with E-state index < -0.39 is 16.1 Å². The lowest BCUT2D eigenvalue weighted by atomic mass is 10.2. The third-order valence-electron chi connectivity index (χ3n) is 2.24. The van der Waals surface area contributed by atoms with Gasteiger partial charge in [0.25, 0.3) is 0 Å². The van der Waals surface area contributed by atoms with Crippen molar-refractivity contribution in [1.29, 1.82) is 0 Å². The fourth-order valence-corrected chi connectivity index (χ4v) is 2.38. The average molecular weight is 259 g/mol. The Hall–Kier alpha value is -1.31. The van der Waals surface area contributed by atoms with E-state index in [2.05, 4.69) is 0 Å². The van der Waals surface area contributed by atoms with Crippen LogP contribution >= 0.6 is 0 Å². The molecule has 17 heavy (non-hydrogen) atoms. The lowest BCUT2D eigenvalue weighted by Crippen LogP contribution is -2.29. The van der Waals surface area contributed by atoms with E-state index in [9.17, 15) is 13.5 Å². The molecule has 1 atom stereocenters. The molecular formula is C10H17N3O3S. The Morgan fingerprint density at radius 2 is 2.06 bits per heavy atom. The molecule has 1 rings (SSSR count). The number of sulfonamides is 1. The molecule has 1 aromatic carbocycles. The molecule has 0 bridgehead atoms. The highest BCUT2D eigenvalue weighted by atomic mass is 32.2. The van der Waals surface area contributed by atoms with Gasteiger partial charge in [0.2, 0.25) is 10.0 Å². The summed E-state index contributed by atoms with van der Waals surface area (Å²) in [4.78, 5) is 1.57. The normalized spacial score (nSPS) is 13.4. The Morgan fingerprint density at radius 1 is 1.47 bits per heavy atom. The van der Waals surface area contributed by atoms with Crippen molar-refractivity contribution >= 4 is 21.4 Å². The number of hydrogen-bond acceptors (Lipinski definition) is 5. The van der Waals surface area contributed by atoms with Gasteiger partial charge in [-0.25, -0.2) is 13.6 Å². The molecule has 0 saturated carbocycles. The second-order valence-corrected chi connectivity index (χ2v) is 5.53. The van der Waals surface area contributed by atoms with Crippen LogP contribution in [0, 0.1) is 0 Å². The molecule has 0 spiro atoms. The van der Waals surface area contributed by atoms with Crippen molar-refractivity contribution in [3.05, 3.63) is 18.2 Å². The minimum atomic E-state index is -3.84. The number of likely N-dealkylation sites (N-methyl/N-ethyl adjacent to an activating group) is 1. The minimum absolute atomic E-state index is 0.0411. The highest BCUT2D eigenvalue weighted by Gasteiger charge is 2.17. The Bertz CT molecular complexity index is 500. The molecule has 1 unspecified atom stereocenters. The number of hydrogen-bond donors (Lipinski definition) is 3. The molecule has 5 N–H and O–H groups in total. The first-order valence-corrected chi connectivity index (χ1v) is 6.58. The van der Waals surface area contributed by atoms with E-state index >= 15 is 0 Å². The Balaban J connectivity index is 3.24. The smallest absolute Gasteiger partial charge is 0.240 e. The third kappa shape index (κ3) is 3.58. The zero-order chi connectivity index (χ0) is 13.2. The second kappa shape index (κ2) is 4.91. The molecular weight excluding hydrogens is 242 g/mol. The first-order chi connectivity index (χ1) is 7.71. The summed E-state index contributed by atoms with van der Waals surface area (Å²) < 4.78 is 22.9. The van der Waals surface area contributed by atoms with E-state index in [-0.39, 0.29) is 4.90 Å². The molecule has 0 heterocycles. The number of aliphatic hydroxyl groups excluding tert-OH is 1. The number of nitrogens with zero attached hydrogens (tertiary/aromatic N) is 1. The van der Waals surface area contributed by atoms with Crippen molar-refractivity contribution in [3.63, 3.8) is 0 Å². The van der Waals surface area contributed by atoms with E-state index in [0.717, 1.165) is 0 Å². The van der Waals surface area contributed by atoms with Crippen molar-refractivity contribution in [2.75, 3.05) is 24.2 Å². The van der Waals surface area contributed by atoms with Crippen LogP contribution in [0.2, 0.25) is 0 Å². The summed E-state index contributed by atoms with van der Waals surface area (Å²) in [6.45, 7) is 1.91. The molecule has 0 amide bonds. The monoisotopic (exact) mass is 259 g/mol. The molecule has 96 valence electrons. The molecule has 0 aromatic heterocycles. The van der Waals surface area contributed by atoms with E-state index in [1.165, 1.54) is 6.07 Å². The highest BCUT2D eigenvalue weighted by Crippen LogP contribution is 2.25. The number of benzene rings is 1. The van der Waals surface area contributed by atoms with Crippen LogP contribution in [0.4, 0.5) is 11.4 Å². The third-order valence-corrected chi connectivity index (χ3v) is 3.18. The molecule has 0 fully saturated rings. The number of nitrogens with two attached hydrogens (primary N) is 2. The highest BCUT2D eigenvalue weighted by molar-refractivity contribution is 7.89. The lowest BCUT2D eigenvalue weighted by Gasteiger charge is -2.23. The zero-order valence-corrected chi connectivity index (χ0v) is 10.6. The first-order valence-electron chi connectivity index (χ1n) is 5.03. The van der Waals surface area contributed by atoms with E-state index in [1.807, 2.05) is 0 Å². The van der Waals surface area contributed by atoms with Gasteiger partial charge < -0.3 is 15.7 Å². The summed E-state index contributed by atoms with van der Waals surface area (Å²) in [7, 11) is -2.17. The number of aliphatic hydroxyl groups is 1. The van der Waals surface area contributed by atoms with Crippen LogP contribution in [-0.4, -0.2) is 33.2 Å². The van der Waals surface area contributed by atoms with Crippen molar-refractivity contribution in [1.82, 2.24) is 0 Å². The SMILES string of the molecule is CC(O)CN(C)c1ccc(N)cc1S(N)(=O)=O. The average Bonchev–Trinajstić information content (AvgIpc) is 2.14. The Morgan fingerprint density at radius 3 is 2.53 bits per heavy atom. The van der Waals surface area contributed by atoms with Crippen LogP contribution in [0.1, 0.15) is 6.92 Å². The quantitative estimate of drug-likeness (QED) is 0.645. The first kappa shape index (κ1) is 13.8. The van der Waals surface area contributed by atoms with Gasteiger partial charge in [-0.1, -0.05) is 0 Å². The van der Waals surface area contributed by atoms with Crippen LogP contribution in [0.15, 0.2) is 23.1 Å². The molecule has 0 saturated heterocycles. The predicted molar refractivity (Wildman–Crippen MR) is 67.2 cm³/mol. The van der Waals surface area contributed by atoms with E-state index in [0.29, 0.717) is 17.9 Å². The summed E-state index contributed by atoms with van der Waals surface area (Å²) in [6.07, 6.45) is -0.578. The summed E-state index contributed by atoms with van der Waals surface area (Å²) >= 11 is 0. The van der Waals surface area contributed by atoms with Gasteiger partial charge in [0, 0.05) is 19.3 Å². The maximum absolute atomic E-state index is 11.4. The molecule has 0 aliphatic rings. The molecule has 0 radical (unpaired) electrons. The van der Waals surface area contributed by atoms with Gasteiger partial charge in [0.1, 0.15) is 4.90 Å². The molecule has 0 aliphatic heterocycles. The summed E-state index contributed by atoms with van der Waals surface area (Å²) in [6, 6.07) is 4.46. The van der Waals surface area contributed by atoms with Crippen molar-refractivity contribution in [3.8, 4) is 0 Å². The number of rotatable bonds is 4. The summed E-state index contributed by atoms with van der Waals surface area (Å²) in [5, 5.41) is 14.4. The van der Waals surface area contributed by atoms with Gasteiger partial charge in [-0.15, -0.1) is 0 Å². The maximum atomic E-state index is 11.4. The van der Waals surface area contributed by atoms with Crippen molar-refractivity contribution < 1.29 is 13.5 Å². The van der Waals surface area contributed by atoms with Gasteiger partial charge in [-0.05, 0) is 25.1 Å². The fraction of sp³-hybridized carbons (Fsp3) is 0.400. The van der Waals surface area contributed by atoms with Crippen LogP contribution in [-0.2, 0) is 10.0 Å². The van der Waals surface area contributed by atoms with Crippen LogP contribution < -0.4 is 15.8 Å². The van der Waals surface area contributed by atoms with E-state index in [1.54, 1.807) is 31.0 Å². The maximum Gasteiger partial charge on any atom is 0.240 e. The van der Waals surface area contributed by atoms with Crippen LogP contribution in [0.3, 0.4) is 0 Å². The summed E-state index contributed by atoms with van der Waals surface area (Å²) in [5.74, 6) is 0. The molecule has 1 aromatic rings. The Labute approximate surface area is 101 Å². The second-order valence-electron chi connectivity index (χ2n) is 4.00. The largest absolute Gasteiger partial charge is 0.399 e. The Kier molecular flexibility index (Phi) is 3.97. The number of anilines is 2. The van der Waals surface area contributed by atoms with Gasteiger partial charge in [0.05, 0.1) is 11.8 Å². The van der Waals surface area contributed by atoms with E-state index in [4.69, 9.17) is 10.9 Å². The zero-order valence-electron chi connectivity index (χ0n) is 9.79. The number of nitrogen functional groups attached to an aromatic ring is 1. The van der Waals surface area contributed by atoms with Crippen LogP contribution in [0.25, 0.3) is 0 Å². The van der Waals surface area contributed by atoms with Gasteiger partial charge in [-0.3, -0.25) is 0 Å². The van der Waals surface area contributed by atoms with Crippen molar-refractivity contribution in [2.45, 2.75) is 17.9 Å². The van der Waals surface area contributed by atoms with Crippen molar-refractivity contribution in [2.24, 2.45) is 5.14 Å². The molecule has 6 nitrogen and oxygen atoms in total. The standard InChI is InChI=1S/C10H17N3O3S/c1-7(14)6-13(2)9-4-3-8(11)5-10(9)17(12,15)16/h3-5,7,14H,6,11H2,1-2H3,(H2,12,15,16). The summed E-state index contributed by atoms with van der Waals surface area (Å²) in [5.41, 5.74) is 6.28.